The molecular formula is C20H28Cl2N2O3. The molecule has 0 unspecified atom stereocenters. The molecule has 1 aromatic carbocycles. The van der Waals surface area contributed by atoms with Gasteiger partial charge in [-0.2, -0.15) is 0 Å². The molecule has 0 N–H and O–H groups in total. The average Bonchev–Trinajstić information content (AvgIpc) is 2.59. The quantitative estimate of drug-likeness (QED) is 0.685. The number of ether oxygens (including phenoxy) is 1. The first-order valence-corrected chi connectivity index (χ1v) is 10.1. The number of likely N-dealkylation sites (N-methyl/N-ethyl adjacent to an activating group) is 1. The Morgan fingerprint density at radius 1 is 1.22 bits per heavy atom. The number of halogens is 2. The van der Waals surface area contributed by atoms with Crippen LogP contribution in [0.4, 0.5) is 4.79 Å². The van der Waals surface area contributed by atoms with Gasteiger partial charge in [0.1, 0.15) is 11.6 Å². The van der Waals surface area contributed by atoms with Crippen molar-refractivity contribution in [3.05, 3.63) is 33.8 Å². The minimum Gasteiger partial charge on any atom is -0.444 e. The van der Waals surface area contributed by atoms with Crippen molar-refractivity contribution in [2.24, 2.45) is 0 Å². The molecule has 27 heavy (non-hydrogen) atoms. The van der Waals surface area contributed by atoms with Gasteiger partial charge in [-0.1, -0.05) is 29.3 Å². The Kier molecular flexibility index (Phi) is 7.40. The van der Waals surface area contributed by atoms with Crippen LogP contribution >= 0.6 is 23.2 Å². The van der Waals surface area contributed by atoms with Gasteiger partial charge in [0.15, 0.2) is 0 Å². The Morgan fingerprint density at radius 2 is 1.85 bits per heavy atom. The van der Waals surface area contributed by atoms with Gasteiger partial charge in [0.2, 0.25) is 5.91 Å². The van der Waals surface area contributed by atoms with Crippen LogP contribution in [0.15, 0.2) is 18.2 Å². The average molecular weight is 415 g/mol. The maximum absolute atomic E-state index is 13.2. The van der Waals surface area contributed by atoms with Gasteiger partial charge in [-0.15, -0.1) is 0 Å². The number of amides is 2. The summed E-state index contributed by atoms with van der Waals surface area (Å²) in [6, 6.07) is 4.77. The largest absolute Gasteiger partial charge is 0.444 e. The highest BCUT2D eigenvalue weighted by Crippen LogP contribution is 2.27. The van der Waals surface area contributed by atoms with Gasteiger partial charge in [-0.05, 0) is 59.1 Å². The molecule has 2 rings (SSSR count). The molecule has 0 spiro atoms. The number of carbonyl (C=O) groups is 2. The van der Waals surface area contributed by atoms with E-state index in [1.807, 2.05) is 27.7 Å². The lowest BCUT2D eigenvalue weighted by atomic mass is 10.0. The molecule has 1 atom stereocenters. The molecular weight excluding hydrogens is 387 g/mol. The van der Waals surface area contributed by atoms with Crippen LogP contribution in [-0.4, -0.2) is 46.5 Å². The SMILES string of the molecule is CCN(Cc1c(Cl)cccc1Cl)C(=O)[C@H]1CCCCN1C(=O)OC(C)(C)C. The second-order valence-corrected chi connectivity index (χ2v) is 8.55. The monoisotopic (exact) mass is 414 g/mol. The zero-order valence-corrected chi connectivity index (χ0v) is 17.9. The Labute approximate surface area is 171 Å². The van der Waals surface area contributed by atoms with E-state index in [1.165, 1.54) is 0 Å². The smallest absolute Gasteiger partial charge is 0.410 e. The molecule has 0 radical (unpaired) electrons. The topological polar surface area (TPSA) is 49.9 Å². The first kappa shape index (κ1) is 21.8. The summed E-state index contributed by atoms with van der Waals surface area (Å²) >= 11 is 12.5. The fourth-order valence-electron chi connectivity index (χ4n) is 3.16. The zero-order valence-electron chi connectivity index (χ0n) is 16.4. The van der Waals surface area contributed by atoms with Gasteiger partial charge in [0.25, 0.3) is 0 Å². The summed E-state index contributed by atoms with van der Waals surface area (Å²) in [6.45, 7) is 8.71. The fourth-order valence-corrected chi connectivity index (χ4v) is 3.67. The van der Waals surface area contributed by atoms with Crippen molar-refractivity contribution in [3.8, 4) is 0 Å². The summed E-state index contributed by atoms with van der Waals surface area (Å²) in [6.07, 6.45) is 1.96. The second kappa shape index (κ2) is 9.16. The fraction of sp³-hybridized carbons (Fsp3) is 0.600. The van der Waals surface area contributed by atoms with Crippen LogP contribution in [0.1, 0.15) is 52.5 Å². The van der Waals surface area contributed by atoms with Crippen molar-refractivity contribution in [2.45, 2.75) is 65.1 Å². The molecule has 7 heteroatoms. The molecule has 0 bridgehead atoms. The first-order chi connectivity index (χ1) is 12.6. The van der Waals surface area contributed by atoms with Crippen LogP contribution in [0, 0.1) is 0 Å². The van der Waals surface area contributed by atoms with E-state index in [-0.39, 0.29) is 5.91 Å². The summed E-state index contributed by atoms with van der Waals surface area (Å²) in [7, 11) is 0. The molecule has 1 aromatic rings. The number of piperidine rings is 1. The standard InChI is InChI=1S/C20H28Cl2N2O3/c1-5-23(13-14-15(21)9-8-10-16(14)22)18(25)17-11-6-7-12-24(17)19(26)27-20(2,3)4/h8-10,17H,5-7,11-13H2,1-4H3/t17-/m1/s1. The van der Waals surface area contributed by atoms with Crippen LogP contribution in [0.25, 0.3) is 0 Å². The molecule has 1 saturated heterocycles. The van der Waals surface area contributed by atoms with E-state index in [2.05, 4.69) is 0 Å². The van der Waals surface area contributed by atoms with Crippen LogP contribution in [0.2, 0.25) is 10.0 Å². The summed E-state index contributed by atoms with van der Waals surface area (Å²) in [4.78, 5) is 29.1. The number of likely N-dealkylation sites (tertiary alicyclic amines) is 1. The predicted molar refractivity (Wildman–Crippen MR) is 108 cm³/mol. The Hall–Kier alpha value is -1.46. The van der Waals surface area contributed by atoms with Gasteiger partial charge in [0.05, 0.1) is 0 Å². The van der Waals surface area contributed by atoms with Gasteiger partial charge >= 0.3 is 6.09 Å². The minimum atomic E-state index is -0.600. The minimum absolute atomic E-state index is 0.0981. The van der Waals surface area contributed by atoms with Crippen molar-refractivity contribution in [3.63, 3.8) is 0 Å². The summed E-state index contributed by atoms with van der Waals surface area (Å²) in [5.74, 6) is -0.0981. The molecule has 1 aliphatic heterocycles. The van der Waals surface area contributed by atoms with Crippen molar-refractivity contribution in [1.82, 2.24) is 9.80 Å². The van der Waals surface area contributed by atoms with Crippen molar-refractivity contribution in [2.75, 3.05) is 13.1 Å². The lowest BCUT2D eigenvalue weighted by molar-refractivity contribution is -0.138. The van der Waals surface area contributed by atoms with E-state index in [9.17, 15) is 9.59 Å². The van der Waals surface area contributed by atoms with Gasteiger partial charge < -0.3 is 9.64 Å². The maximum Gasteiger partial charge on any atom is 0.410 e. The molecule has 0 saturated carbocycles. The predicted octanol–water partition coefficient (Wildman–Crippen LogP) is 5.13. The van der Waals surface area contributed by atoms with Crippen molar-refractivity contribution < 1.29 is 14.3 Å². The number of hydrogen-bond acceptors (Lipinski definition) is 3. The second-order valence-electron chi connectivity index (χ2n) is 7.74. The molecule has 1 fully saturated rings. The molecule has 5 nitrogen and oxygen atoms in total. The Balaban J connectivity index is 2.19. The summed E-state index contributed by atoms with van der Waals surface area (Å²) in [5, 5.41) is 1.06. The number of benzene rings is 1. The molecule has 0 aromatic heterocycles. The van der Waals surface area contributed by atoms with Gasteiger partial charge in [-0.3, -0.25) is 9.69 Å². The number of hydrogen-bond donors (Lipinski definition) is 0. The van der Waals surface area contributed by atoms with Crippen LogP contribution in [0.3, 0.4) is 0 Å². The first-order valence-electron chi connectivity index (χ1n) is 9.35. The van der Waals surface area contributed by atoms with Crippen LogP contribution in [-0.2, 0) is 16.1 Å². The van der Waals surface area contributed by atoms with Crippen molar-refractivity contribution in [1.29, 1.82) is 0 Å². The highest BCUT2D eigenvalue weighted by molar-refractivity contribution is 6.36. The third-order valence-electron chi connectivity index (χ3n) is 4.52. The highest BCUT2D eigenvalue weighted by Gasteiger charge is 2.36. The lowest BCUT2D eigenvalue weighted by Gasteiger charge is -2.38. The zero-order chi connectivity index (χ0) is 20.2. The summed E-state index contributed by atoms with van der Waals surface area (Å²) in [5.41, 5.74) is 0.119. The van der Waals surface area contributed by atoms with E-state index in [0.717, 1.165) is 18.4 Å². The van der Waals surface area contributed by atoms with Crippen LogP contribution in [0.5, 0.6) is 0 Å². The number of nitrogens with zero attached hydrogens (tertiary/aromatic N) is 2. The third kappa shape index (κ3) is 5.76. The highest BCUT2D eigenvalue weighted by atomic mass is 35.5. The van der Waals surface area contributed by atoms with Gasteiger partial charge in [0, 0.05) is 35.2 Å². The Morgan fingerprint density at radius 3 is 2.41 bits per heavy atom. The van der Waals surface area contributed by atoms with E-state index in [0.29, 0.717) is 36.1 Å². The van der Waals surface area contributed by atoms with E-state index < -0.39 is 17.7 Å². The molecule has 2 amide bonds. The molecule has 1 heterocycles. The lowest BCUT2D eigenvalue weighted by Crippen LogP contribution is -2.53. The third-order valence-corrected chi connectivity index (χ3v) is 5.23. The van der Waals surface area contributed by atoms with Crippen LogP contribution < -0.4 is 0 Å². The maximum atomic E-state index is 13.2. The van der Waals surface area contributed by atoms with E-state index >= 15 is 0 Å². The van der Waals surface area contributed by atoms with E-state index in [4.69, 9.17) is 27.9 Å². The Bertz CT molecular complexity index is 668. The molecule has 0 aliphatic carbocycles. The molecule has 1 aliphatic rings. The summed E-state index contributed by atoms with van der Waals surface area (Å²) < 4.78 is 5.50. The normalized spacial score (nSPS) is 17.6. The van der Waals surface area contributed by atoms with E-state index in [1.54, 1.807) is 28.0 Å². The number of carbonyl (C=O) groups excluding carboxylic acids is 2. The van der Waals surface area contributed by atoms with Crippen molar-refractivity contribution >= 4 is 35.2 Å². The van der Waals surface area contributed by atoms with Gasteiger partial charge in [-0.25, -0.2) is 4.79 Å². The number of rotatable bonds is 4. The molecule has 150 valence electrons.